The molecule has 1 aliphatic rings. The van der Waals surface area contributed by atoms with E-state index in [1.807, 2.05) is 24.6 Å². The van der Waals surface area contributed by atoms with Gasteiger partial charge in [-0.1, -0.05) is 30.3 Å². The first-order valence-corrected chi connectivity index (χ1v) is 11.7. The highest BCUT2D eigenvalue weighted by molar-refractivity contribution is 14.0. The van der Waals surface area contributed by atoms with Crippen molar-refractivity contribution in [2.24, 2.45) is 12.0 Å². The van der Waals surface area contributed by atoms with Crippen LogP contribution in [0.2, 0.25) is 0 Å². The van der Waals surface area contributed by atoms with Crippen LogP contribution in [0.15, 0.2) is 35.3 Å². The number of nitrogens with zero attached hydrogens (tertiary/aromatic N) is 5. The molecule has 8 nitrogen and oxygen atoms in total. The quantitative estimate of drug-likeness (QED) is 0.274. The van der Waals surface area contributed by atoms with E-state index >= 15 is 0 Å². The van der Waals surface area contributed by atoms with E-state index in [1.54, 1.807) is 0 Å². The molecule has 1 aromatic carbocycles. The molecule has 1 saturated heterocycles. The Kier molecular flexibility index (Phi) is 11.6. The normalized spacial score (nSPS) is 16.5. The zero-order valence-electron chi connectivity index (χ0n) is 20.6. The lowest BCUT2D eigenvalue weighted by Gasteiger charge is -2.33. The first-order chi connectivity index (χ1) is 15.4. The number of aliphatic imine (C=N–C) groups is 1. The van der Waals surface area contributed by atoms with E-state index in [2.05, 4.69) is 70.8 Å². The molecule has 1 atom stereocenters. The third-order valence-electron chi connectivity index (χ3n) is 6.00. The summed E-state index contributed by atoms with van der Waals surface area (Å²) >= 11 is 0. The second-order valence-electron chi connectivity index (χ2n) is 8.84. The van der Waals surface area contributed by atoms with Gasteiger partial charge in [0.15, 0.2) is 11.8 Å². The van der Waals surface area contributed by atoms with Gasteiger partial charge in [-0.15, -0.1) is 34.2 Å². The largest absolute Gasteiger partial charge is 0.377 e. The van der Waals surface area contributed by atoms with E-state index in [4.69, 9.17) is 9.73 Å². The number of hydrogen-bond donors (Lipinski definition) is 2. The van der Waals surface area contributed by atoms with Gasteiger partial charge in [-0.25, -0.2) is 4.99 Å². The summed E-state index contributed by atoms with van der Waals surface area (Å²) in [5.74, 6) is 2.57. The SMILES string of the molecule is Cc1nnc(CN=C(NC2CCN(CCOC(C)C)CC2)NC(C)c2ccccc2)n1C.I. The van der Waals surface area contributed by atoms with Crippen LogP contribution in [0.4, 0.5) is 0 Å². The third kappa shape index (κ3) is 8.86. The molecule has 2 heterocycles. The Hall–Kier alpha value is -1.72. The van der Waals surface area contributed by atoms with Crippen LogP contribution in [0.3, 0.4) is 0 Å². The Morgan fingerprint density at radius 2 is 1.85 bits per heavy atom. The molecule has 1 fully saturated rings. The highest BCUT2D eigenvalue weighted by Gasteiger charge is 2.21. The molecule has 0 spiro atoms. The molecular weight excluding hydrogens is 529 g/mol. The molecule has 3 rings (SSSR count). The summed E-state index contributed by atoms with van der Waals surface area (Å²) in [6.07, 6.45) is 2.47. The van der Waals surface area contributed by atoms with Crippen molar-refractivity contribution >= 4 is 29.9 Å². The lowest BCUT2D eigenvalue weighted by molar-refractivity contribution is 0.0532. The van der Waals surface area contributed by atoms with Crippen LogP contribution >= 0.6 is 24.0 Å². The van der Waals surface area contributed by atoms with Crippen molar-refractivity contribution in [1.29, 1.82) is 0 Å². The lowest BCUT2D eigenvalue weighted by Crippen LogP contribution is -2.49. The summed E-state index contributed by atoms with van der Waals surface area (Å²) in [5.41, 5.74) is 1.23. The van der Waals surface area contributed by atoms with Crippen LogP contribution in [0.5, 0.6) is 0 Å². The molecular formula is C24H40IN7O. The van der Waals surface area contributed by atoms with Crippen molar-refractivity contribution in [2.45, 2.75) is 65.3 Å². The number of likely N-dealkylation sites (tertiary alicyclic amines) is 1. The summed E-state index contributed by atoms with van der Waals surface area (Å²) in [6.45, 7) is 12.7. The van der Waals surface area contributed by atoms with Crippen LogP contribution in [0.1, 0.15) is 56.9 Å². The van der Waals surface area contributed by atoms with Gasteiger partial charge >= 0.3 is 0 Å². The molecule has 0 bridgehead atoms. The van der Waals surface area contributed by atoms with Crippen LogP contribution < -0.4 is 10.6 Å². The molecule has 1 aliphatic heterocycles. The maximum absolute atomic E-state index is 5.71. The van der Waals surface area contributed by atoms with E-state index in [0.717, 1.165) is 56.7 Å². The van der Waals surface area contributed by atoms with Crippen LogP contribution in [-0.4, -0.2) is 64.0 Å². The summed E-state index contributed by atoms with van der Waals surface area (Å²) in [7, 11) is 1.98. The zero-order chi connectivity index (χ0) is 22.9. The van der Waals surface area contributed by atoms with Crippen molar-refractivity contribution in [2.75, 3.05) is 26.2 Å². The second kappa shape index (κ2) is 13.9. The van der Waals surface area contributed by atoms with Gasteiger partial charge < -0.3 is 24.8 Å². The standard InChI is InChI=1S/C24H39N7O.HI/c1-18(2)32-16-15-31-13-11-22(12-14-31)27-24(25-17-23-29-28-20(4)30(23)5)26-19(3)21-9-7-6-8-10-21;/h6-10,18-19,22H,11-17H2,1-5H3,(H2,25,26,27);1H. The van der Waals surface area contributed by atoms with Gasteiger partial charge in [0.05, 0.1) is 18.8 Å². The van der Waals surface area contributed by atoms with Gasteiger partial charge in [0.25, 0.3) is 0 Å². The highest BCUT2D eigenvalue weighted by atomic mass is 127. The lowest BCUT2D eigenvalue weighted by atomic mass is 10.1. The number of nitrogens with one attached hydrogen (secondary N) is 2. The first-order valence-electron chi connectivity index (χ1n) is 11.7. The van der Waals surface area contributed by atoms with E-state index < -0.39 is 0 Å². The van der Waals surface area contributed by atoms with Crippen molar-refractivity contribution in [3.63, 3.8) is 0 Å². The monoisotopic (exact) mass is 569 g/mol. The number of aromatic nitrogens is 3. The Morgan fingerprint density at radius 3 is 2.45 bits per heavy atom. The zero-order valence-corrected chi connectivity index (χ0v) is 23.0. The highest BCUT2D eigenvalue weighted by Crippen LogP contribution is 2.13. The summed E-state index contributed by atoms with van der Waals surface area (Å²) in [6, 6.07) is 11.0. The Bertz CT molecular complexity index is 848. The van der Waals surface area contributed by atoms with Crippen molar-refractivity contribution < 1.29 is 4.74 Å². The summed E-state index contributed by atoms with van der Waals surface area (Å²) in [5, 5.41) is 15.7. The van der Waals surface area contributed by atoms with E-state index in [1.165, 1.54) is 5.56 Å². The Balaban J connectivity index is 0.00000385. The van der Waals surface area contributed by atoms with Crippen LogP contribution in [-0.2, 0) is 18.3 Å². The van der Waals surface area contributed by atoms with Gasteiger partial charge in [0.1, 0.15) is 12.4 Å². The second-order valence-corrected chi connectivity index (χ2v) is 8.84. The topological polar surface area (TPSA) is 79.6 Å². The van der Waals surface area contributed by atoms with Gasteiger partial charge in [-0.3, -0.25) is 0 Å². The number of halogens is 1. The number of hydrogen-bond acceptors (Lipinski definition) is 5. The molecule has 2 N–H and O–H groups in total. The predicted molar refractivity (Wildman–Crippen MR) is 144 cm³/mol. The van der Waals surface area contributed by atoms with Gasteiger partial charge in [0.2, 0.25) is 0 Å². The van der Waals surface area contributed by atoms with Crippen molar-refractivity contribution in [1.82, 2.24) is 30.3 Å². The fourth-order valence-corrected chi connectivity index (χ4v) is 3.81. The molecule has 0 amide bonds. The van der Waals surface area contributed by atoms with Crippen molar-refractivity contribution in [3.05, 3.63) is 47.5 Å². The van der Waals surface area contributed by atoms with Gasteiger partial charge in [-0.05, 0) is 46.1 Å². The van der Waals surface area contributed by atoms with E-state index in [0.29, 0.717) is 18.7 Å². The fourth-order valence-electron chi connectivity index (χ4n) is 3.81. The number of benzene rings is 1. The average Bonchev–Trinajstić information content (AvgIpc) is 3.11. The maximum Gasteiger partial charge on any atom is 0.192 e. The van der Waals surface area contributed by atoms with Crippen molar-refractivity contribution in [3.8, 4) is 0 Å². The Labute approximate surface area is 215 Å². The van der Waals surface area contributed by atoms with Gasteiger partial charge in [0, 0.05) is 32.7 Å². The fraction of sp³-hybridized carbons (Fsp3) is 0.625. The Morgan fingerprint density at radius 1 is 1.15 bits per heavy atom. The maximum atomic E-state index is 5.71. The smallest absolute Gasteiger partial charge is 0.192 e. The number of ether oxygens (including phenoxy) is 1. The summed E-state index contributed by atoms with van der Waals surface area (Å²) < 4.78 is 7.69. The first kappa shape index (κ1) is 27.5. The molecule has 184 valence electrons. The molecule has 1 aromatic heterocycles. The van der Waals surface area contributed by atoms with Crippen LogP contribution in [0, 0.1) is 6.92 Å². The number of aryl methyl sites for hydroxylation is 1. The molecule has 33 heavy (non-hydrogen) atoms. The van der Waals surface area contributed by atoms with Gasteiger partial charge in [-0.2, -0.15) is 0 Å². The van der Waals surface area contributed by atoms with Crippen LogP contribution in [0.25, 0.3) is 0 Å². The molecule has 0 radical (unpaired) electrons. The third-order valence-corrected chi connectivity index (χ3v) is 6.00. The number of piperidine rings is 1. The molecule has 0 saturated carbocycles. The molecule has 1 unspecified atom stereocenters. The predicted octanol–water partition coefficient (Wildman–Crippen LogP) is 3.43. The van der Waals surface area contributed by atoms with E-state index in [9.17, 15) is 0 Å². The molecule has 9 heteroatoms. The number of rotatable bonds is 9. The minimum Gasteiger partial charge on any atom is -0.377 e. The average molecular weight is 570 g/mol. The minimum absolute atomic E-state index is 0. The minimum atomic E-state index is 0. The molecule has 2 aromatic rings. The molecule has 0 aliphatic carbocycles. The number of guanidine groups is 1. The van der Waals surface area contributed by atoms with E-state index in [-0.39, 0.29) is 30.0 Å². The summed E-state index contributed by atoms with van der Waals surface area (Å²) in [4.78, 5) is 7.34.